The molecule has 3 nitrogen and oxygen atoms in total. The quantitative estimate of drug-likeness (QED) is 0.607. The molecule has 0 radical (unpaired) electrons. The van der Waals surface area contributed by atoms with Crippen LogP contribution in [0.3, 0.4) is 0 Å². The molecule has 0 aliphatic rings. The fraction of sp³-hybridized carbons (Fsp3) is 0. The van der Waals surface area contributed by atoms with E-state index in [1.54, 1.807) is 6.20 Å². The Bertz CT molecular complexity index is 615. The Morgan fingerprint density at radius 2 is 2.14 bits per heavy atom. The molecular formula is C10H7N3S. The number of hydrogen-bond donors (Lipinski definition) is 1. The van der Waals surface area contributed by atoms with Crippen molar-refractivity contribution < 1.29 is 0 Å². The summed E-state index contributed by atoms with van der Waals surface area (Å²) in [5, 5.41) is 1.72. The molecule has 0 atom stereocenters. The highest BCUT2D eigenvalue weighted by Crippen LogP contribution is 2.29. The largest absolute Gasteiger partial charge is 0.375 e. The molecule has 0 unspecified atom stereocenters. The molecular weight excluding hydrogens is 194 g/mol. The van der Waals surface area contributed by atoms with E-state index in [0.717, 1.165) is 21.1 Å². The summed E-state index contributed by atoms with van der Waals surface area (Å²) in [6, 6.07) is 7.96. The zero-order valence-electron chi connectivity index (χ0n) is 7.27. The van der Waals surface area contributed by atoms with Gasteiger partial charge in [0.25, 0.3) is 0 Å². The van der Waals surface area contributed by atoms with E-state index < -0.39 is 0 Å². The van der Waals surface area contributed by atoms with Crippen molar-refractivity contribution in [3.63, 3.8) is 0 Å². The van der Waals surface area contributed by atoms with E-state index in [1.807, 2.05) is 24.3 Å². The standard InChI is InChI=1S/C10H7N3S/c11-10-13-7-4-3-6-2-1-5-12-8(6)9(7)14-10/h1-5H,(H2,11,13). The van der Waals surface area contributed by atoms with E-state index in [2.05, 4.69) is 9.97 Å². The van der Waals surface area contributed by atoms with Crippen molar-refractivity contribution in [1.82, 2.24) is 9.97 Å². The Kier molecular flexibility index (Phi) is 1.46. The first kappa shape index (κ1) is 7.70. The minimum Gasteiger partial charge on any atom is -0.375 e. The van der Waals surface area contributed by atoms with Crippen LogP contribution in [-0.4, -0.2) is 9.97 Å². The summed E-state index contributed by atoms with van der Waals surface area (Å²) in [4.78, 5) is 8.56. The van der Waals surface area contributed by atoms with Crippen molar-refractivity contribution in [2.24, 2.45) is 0 Å². The van der Waals surface area contributed by atoms with Gasteiger partial charge in [0, 0.05) is 11.6 Å². The normalized spacial score (nSPS) is 11.1. The van der Waals surface area contributed by atoms with Gasteiger partial charge in [-0.2, -0.15) is 0 Å². The van der Waals surface area contributed by atoms with Gasteiger partial charge in [-0.05, 0) is 12.1 Å². The predicted molar refractivity (Wildman–Crippen MR) is 59.3 cm³/mol. The minimum atomic E-state index is 0.596. The number of nitrogen functional groups attached to an aromatic ring is 1. The summed E-state index contributed by atoms with van der Waals surface area (Å²) < 4.78 is 1.07. The Hall–Kier alpha value is -1.68. The smallest absolute Gasteiger partial charge is 0.181 e. The number of aromatic nitrogens is 2. The third kappa shape index (κ3) is 0.975. The van der Waals surface area contributed by atoms with Crippen LogP contribution >= 0.6 is 11.3 Å². The second-order valence-corrected chi connectivity index (χ2v) is 4.07. The van der Waals surface area contributed by atoms with E-state index in [0.29, 0.717) is 5.13 Å². The maximum absolute atomic E-state index is 5.66. The van der Waals surface area contributed by atoms with E-state index in [9.17, 15) is 0 Å². The summed E-state index contributed by atoms with van der Waals surface area (Å²) in [6.07, 6.45) is 1.79. The average molecular weight is 201 g/mol. The topological polar surface area (TPSA) is 51.8 Å². The molecule has 0 spiro atoms. The number of nitrogens with zero attached hydrogens (tertiary/aromatic N) is 2. The molecule has 3 rings (SSSR count). The Balaban J connectivity index is 2.60. The number of fused-ring (bicyclic) bond motifs is 3. The molecule has 0 amide bonds. The second kappa shape index (κ2) is 2.65. The monoisotopic (exact) mass is 201 g/mol. The number of rotatable bonds is 0. The molecule has 0 saturated carbocycles. The maximum atomic E-state index is 5.66. The van der Waals surface area contributed by atoms with Crippen molar-refractivity contribution in [3.05, 3.63) is 30.5 Å². The van der Waals surface area contributed by atoms with Gasteiger partial charge < -0.3 is 5.73 Å². The van der Waals surface area contributed by atoms with Gasteiger partial charge in [0.15, 0.2) is 5.13 Å². The molecule has 2 N–H and O–H groups in total. The second-order valence-electron chi connectivity index (χ2n) is 3.04. The Morgan fingerprint density at radius 3 is 3.07 bits per heavy atom. The molecule has 3 aromatic rings. The summed E-state index contributed by atoms with van der Waals surface area (Å²) in [5.74, 6) is 0. The number of pyridine rings is 1. The molecule has 1 aromatic carbocycles. The van der Waals surface area contributed by atoms with Gasteiger partial charge in [-0.15, -0.1) is 0 Å². The highest BCUT2D eigenvalue weighted by molar-refractivity contribution is 7.22. The summed E-state index contributed by atoms with van der Waals surface area (Å²) in [6.45, 7) is 0. The lowest BCUT2D eigenvalue weighted by atomic mass is 10.2. The van der Waals surface area contributed by atoms with Crippen molar-refractivity contribution in [2.45, 2.75) is 0 Å². The number of hydrogen-bond acceptors (Lipinski definition) is 4. The van der Waals surface area contributed by atoms with Crippen molar-refractivity contribution in [3.8, 4) is 0 Å². The van der Waals surface area contributed by atoms with Gasteiger partial charge >= 0.3 is 0 Å². The zero-order chi connectivity index (χ0) is 9.54. The lowest BCUT2D eigenvalue weighted by Crippen LogP contribution is -1.79. The molecule has 2 heterocycles. The molecule has 0 aliphatic carbocycles. The van der Waals surface area contributed by atoms with E-state index >= 15 is 0 Å². The molecule has 14 heavy (non-hydrogen) atoms. The molecule has 0 saturated heterocycles. The van der Waals surface area contributed by atoms with Crippen LogP contribution in [0.4, 0.5) is 5.13 Å². The van der Waals surface area contributed by atoms with Crippen LogP contribution in [-0.2, 0) is 0 Å². The number of nitrogens with two attached hydrogens (primary N) is 1. The SMILES string of the molecule is Nc1nc2ccc3cccnc3c2s1. The lowest BCUT2D eigenvalue weighted by molar-refractivity contribution is 1.43. The van der Waals surface area contributed by atoms with Gasteiger partial charge in [-0.25, -0.2) is 4.98 Å². The Labute approximate surface area is 84.2 Å². The van der Waals surface area contributed by atoms with Crippen molar-refractivity contribution >= 4 is 37.6 Å². The molecule has 4 heteroatoms. The van der Waals surface area contributed by atoms with Crippen LogP contribution in [0.2, 0.25) is 0 Å². The molecule has 0 bridgehead atoms. The zero-order valence-corrected chi connectivity index (χ0v) is 8.08. The lowest BCUT2D eigenvalue weighted by Gasteiger charge is -1.95. The molecule has 2 aromatic heterocycles. The van der Waals surface area contributed by atoms with Crippen molar-refractivity contribution in [2.75, 3.05) is 5.73 Å². The number of anilines is 1. The third-order valence-corrected chi connectivity index (χ3v) is 3.05. The van der Waals surface area contributed by atoms with Crippen LogP contribution in [0.5, 0.6) is 0 Å². The fourth-order valence-corrected chi connectivity index (χ4v) is 2.38. The van der Waals surface area contributed by atoms with Crippen molar-refractivity contribution in [1.29, 1.82) is 0 Å². The first-order valence-electron chi connectivity index (χ1n) is 4.24. The average Bonchev–Trinajstić information content (AvgIpc) is 2.59. The Morgan fingerprint density at radius 1 is 1.21 bits per heavy atom. The first-order valence-corrected chi connectivity index (χ1v) is 5.06. The van der Waals surface area contributed by atoms with Crippen LogP contribution in [0.25, 0.3) is 21.1 Å². The summed E-state index contributed by atoms with van der Waals surface area (Å²) in [7, 11) is 0. The highest BCUT2D eigenvalue weighted by Gasteiger charge is 2.05. The van der Waals surface area contributed by atoms with Gasteiger partial charge in [0.1, 0.15) is 0 Å². The molecule has 0 fully saturated rings. The molecule has 0 aliphatic heterocycles. The number of thiazole rings is 1. The summed E-state index contributed by atoms with van der Waals surface area (Å²) >= 11 is 1.49. The minimum absolute atomic E-state index is 0.596. The predicted octanol–water partition coefficient (Wildman–Crippen LogP) is 2.43. The first-order chi connectivity index (χ1) is 6.84. The van der Waals surface area contributed by atoms with Crippen LogP contribution < -0.4 is 5.73 Å². The fourth-order valence-electron chi connectivity index (χ4n) is 1.54. The number of benzene rings is 1. The van der Waals surface area contributed by atoms with E-state index in [1.165, 1.54) is 11.3 Å². The van der Waals surface area contributed by atoms with Crippen LogP contribution in [0.1, 0.15) is 0 Å². The van der Waals surface area contributed by atoms with E-state index in [-0.39, 0.29) is 0 Å². The third-order valence-electron chi connectivity index (χ3n) is 2.14. The van der Waals surface area contributed by atoms with E-state index in [4.69, 9.17) is 5.73 Å². The molecule has 68 valence electrons. The van der Waals surface area contributed by atoms with Gasteiger partial charge in [0.05, 0.1) is 15.7 Å². The van der Waals surface area contributed by atoms with Crippen LogP contribution in [0, 0.1) is 0 Å². The van der Waals surface area contributed by atoms with Gasteiger partial charge in [-0.1, -0.05) is 23.5 Å². The maximum Gasteiger partial charge on any atom is 0.181 e. The summed E-state index contributed by atoms with van der Waals surface area (Å²) in [5.41, 5.74) is 7.58. The van der Waals surface area contributed by atoms with Crippen LogP contribution in [0.15, 0.2) is 30.5 Å². The highest BCUT2D eigenvalue weighted by atomic mass is 32.1. The van der Waals surface area contributed by atoms with Gasteiger partial charge in [-0.3, -0.25) is 4.98 Å². The van der Waals surface area contributed by atoms with Gasteiger partial charge in [0.2, 0.25) is 0 Å².